The highest BCUT2D eigenvalue weighted by atomic mass is 19.1. The zero-order valence-corrected chi connectivity index (χ0v) is 18.4. The molecular weight excluding hydrogens is 375 g/mol. The highest BCUT2D eigenvalue weighted by Crippen LogP contribution is 2.38. The van der Waals surface area contributed by atoms with Gasteiger partial charge >= 0.3 is 0 Å². The Morgan fingerprint density at radius 3 is 2.47 bits per heavy atom. The van der Waals surface area contributed by atoms with Gasteiger partial charge in [0.05, 0.1) is 0 Å². The number of anilines is 3. The first-order valence-corrected chi connectivity index (χ1v) is 11.6. The first-order chi connectivity index (χ1) is 14.7. The first kappa shape index (κ1) is 21.0. The van der Waals surface area contributed by atoms with Crippen molar-refractivity contribution in [1.82, 2.24) is 4.98 Å². The summed E-state index contributed by atoms with van der Waals surface area (Å²) in [6, 6.07) is 11.4. The topological polar surface area (TPSA) is 22.6 Å². The molecule has 162 valence electrons. The molecule has 5 heteroatoms. The van der Waals surface area contributed by atoms with Gasteiger partial charge in [0.2, 0.25) is 0 Å². The maximum Gasteiger partial charge on any atom is 0.130 e. The molecule has 1 saturated carbocycles. The van der Waals surface area contributed by atoms with Gasteiger partial charge < -0.3 is 14.7 Å². The van der Waals surface area contributed by atoms with Crippen LogP contribution in [0.4, 0.5) is 21.6 Å². The normalized spacial score (nSPS) is 20.4. The van der Waals surface area contributed by atoms with E-state index in [1.807, 2.05) is 12.3 Å². The molecular formula is C25H35FN4. The van der Waals surface area contributed by atoms with Gasteiger partial charge in [0.15, 0.2) is 0 Å². The molecule has 2 bridgehead atoms. The maximum absolute atomic E-state index is 13.7. The van der Waals surface area contributed by atoms with Crippen molar-refractivity contribution in [3.05, 3.63) is 48.4 Å². The van der Waals surface area contributed by atoms with E-state index < -0.39 is 0 Å². The molecule has 0 spiro atoms. The Balaban J connectivity index is 1.44. The zero-order chi connectivity index (χ0) is 20.9. The minimum absolute atomic E-state index is 0.175. The molecule has 2 unspecified atom stereocenters. The molecule has 4 rings (SSSR count). The number of aromatic nitrogens is 1. The van der Waals surface area contributed by atoms with Gasteiger partial charge in [0, 0.05) is 62.9 Å². The van der Waals surface area contributed by atoms with Crippen molar-refractivity contribution in [2.24, 2.45) is 11.8 Å². The minimum Gasteiger partial charge on any atom is -0.371 e. The van der Waals surface area contributed by atoms with Gasteiger partial charge in [0.1, 0.15) is 11.6 Å². The standard InChI is InChI=1S/C25H35FN4/c1-3-12-29(23-7-5-6-22(26)16-23)14-13-28(4-2)25-17-24(10-11-27-25)30-18-20-8-9-21(15-20)19-30/h5-7,10-11,16-17,20-21H,3-4,8-9,12-15,18-19H2,1-2H3. The lowest BCUT2D eigenvalue weighted by Crippen LogP contribution is -2.37. The second kappa shape index (κ2) is 9.67. The van der Waals surface area contributed by atoms with Crippen molar-refractivity contribution in [1.29, 1.82) is 0 Å². The van der Waals surface area contributed by atoms with Crippen LogP contribution in [0.5, 0.6) is 0 Å². The Labute approximate surface area is 180 Å². The van der Waals surface area contributed by atoms with Crippen molar-refractivity contribution < 1.29 is 4.39 Å². The van der Waals surface area contributed by atoms with Crippen LogP contribution in [0.3, 0.4) is 0 Å². The van der Waals surface area contributed by atoms with E-state index >= 15 is 0 Å². The summed E-state index contributed by atoms with van der Waals surface area (Å²) in [5.74, 6) is 2.61. The first-order valence-electron chi connectivity index (χ1n) is 11.6. The Morgan fingerprint density at radius 2 is 1.77 bits per heavy atom. The molecule has 4 nitrogen and oxygen atoms in total. The van der Waals surface area contributed by atoms with Crippen LogP contribution in [0.15, 0.2) is 42.6 Å². The predicted octanol–water partition coefficient (Wildman–Crippen LogP) is 5.20. The molecule has 1 aromatic carbocycles. The fourth-order valence-electron chi connectivity index (χ4n) is 5.18. The van der Waals surface area contributed by atoms with Gasteiger partial charge in [-0.3, -0.25) is 0 Å². The van der Waals surface area contributed by atoms with Gasteiger partial charge in [0.25, 0.3) is 0 Å². The Kier molecular flexibility index (Phi) is 6.76. The molecule has 2 aromatic rings. The lowest BCUT2D eigenvalue weighted by Gasteiger charge is -2.34. The maximum atomic E-state index is 13.7. The van der Waals surface area contributed by atoms with Gasteiger partial charge in [-0.05, 0) is 68.7 Å². The molecule has 2 fully saturated rings. The van der Waals surface area contributed by atoms with Crippen molar-refractivity contribution >= 4 is 17.2 Å². The number of piperidine rings is 1. The Hall–Kier alpha value is -2.30. The van der Waals surface area contributed by atoms with Crippen LogP contribution in [-0.2, 0) is 0 Å². The highest BCUT2D eigenvalue weighted by molar-refractivity contribution is 5.56. The number of hydrogen-bond acceptors (Lipinski definition) is 4. The van der Waals surface area contributed by atoms with Gasteiger partial charge in [-0.2, -0.15) is 0 Å². The van der Waals surface area contributed by atoms with E-state index in [1.54, 1.807) is 12.1 Å². The second-order valence-electron chi connectivity index (χ2n) is 8.87. The smallest absolute Gasteiger partial charge is 0.130 e. The number of hydrogen-bond donors (Lipinski definition) is 0. The van der Waals surface area contributed by atoms with Crippen molar-refractivity contribution in [2.45, 2.75) is 39.5 Å². The molecule has 2 heterocycles. The quantitative estimate of drug-likeness (QED) is 0.567. The van der Waals surface area contributed by atoms with Gasteiger partial charge in [-0.1, -0.05) is 13.0 Å². The fraction of sp³-hybridized carbons (Fsp3) is 0.560. The third-order valence-corrected chi connectivity index (χ3v) is 6.71. The number of fused-ring (bicyclic) bond motifs is 2. The van der Waals surface area contributed by atoms with Crippen LogP contribution in [0.2, 0.25) is 0 Å². The molecule has 2 aliphatic rings. The molecule has 2 atom stereocenters. The molecule has 30 heavy (non-hydrogen) atoms. The van der Waals surface area contributed by atoms with Crippen LogP contribution in [0.25, 0.3) is 0 Å². The van der Waals surface area contributed by atoms with Crippen LogP contribution in [0, 0.1) is 17.7 Å². The van der Waals surface area contributed by atoms with E-state index in [-0.39, 0.29) is 5.82 Å². The van der Waals surface area contributed by atoms with E-state index in [2.05, 4.69) is 40.7 Å². The van der Waals surface area contributed by atoms with Crippen molar-refractivity contribution in [3.8, 4) is 0 Å². The largest absolute Gasteiger partial charge is 0.371 e. The monoisotopic (exact) mass is 410 g/mol. The summed E-state index contributed by atoms with van der Waals surface area (Å²) < 4.78 is 13.7. The van der Waals surface area contributed by atoms with Crippen LogP contribution in [0.1, 0.15) is 39.5 Å². The van der Waals surface area contributed by atoms with Gasteiger partial charge in [-0.25, -0.2) is 9.37 Å². The van der Waals surface area contributed by atoms with Gasteiger partial charge in [-0.15, -0.1) is 0 Å². The molecule has 1 aliphatic heterocycles. The average molecular weight is 411 g/mol. The summed E-state index contributed by atoms with van der Waals surface area (Å²) in [5, 5.41) is 0. The average Bonchev–Trinajstić information content (AvgIpc) is 3.11. The number of rotatable bonds is 9. The van der Waals surface area contributed by atoms with E-state index in [0.717, 1.165) is 55.9 Å². The summed E-state index contributed by atoms with van der Waals surface area (Å²) in [6.45, 7) is 10.3. The van der Waals surface area contributed by atoms with E-state index in [4.69, 9.17) is 4.98 Å². The lowest BCUT2D eigenvalue weighted by atomic mass is 9.98. The summed E-state index contributed by atoms with van der Waals surface area (Å²) in [6.07, 6.45) is 7.21. The van der Waals surface area contributed by atoms with E-state index in [0.29, 0.717) is 0 Å². The molecule has 0 N–H and O–H groups in total. The third kappa shape index (κ3) is 4.88. The summed E-state index contributed by atoms with van der Waals surface area (Å²) in [5.41, 5.74) is 2.27. The molecule has 0 amide bonds. The highest BCUT2D eigenvalue weighted by Gasteiger charge is 2.33. The van der Waals surface area contributed by atoms with Crippen LogP contribution >= 0.6 is 0 Å². The molecule has 1 saturated heterocycles. The number of likely N-dealkylation sites (N-methyl/N-ethyl adjacent to an activating group) is 1. The van der Waals surface area contributed by atoms with Crippen LogP contribution < -0.4 is 14.7 Å². The van der Waals surface area contributed by atoms with Crippen LogP contribution in [-0.4, -0.2) is 44.3 Å². The Morgan fingerprint density at radius 1 is 1.00 bits per heavy atom. The fourth-order valence-corrected chi connectivity index (χ4v) is 5.18. The summed E-state index contributed by atoms with van der Waals surface area (Å²) >= 11 is 0. The third-order valence-electron chi connectivity index (χ3n) is 6.71. The summed E-state index contributed by atoms with van der Waals surface area (Å²) in [7, 11) is 0. The van der Waals surface area contributed by atoms with Crippen molar-refractivity contribution in [3.63, 3.8) is 0 Å². The number of benzene rings is 1. The Bertz CT molecular complexity index is 814. The zero-order valence-electron chi connectivity index (χ0n) is 18.4. The molecule has 0 radical (unpaired) electrons. The van der Waals surface area contributed by atoms with Crippen molar-refractivity contribution in [2.75, 3.05) is 54.0 Å². The SMILES string of the molecule is CCCN(CCN(CC)c1cc(N2CC3CCC(C3)C2)ccn1)c1cccc(F)c1. The molecule has 1 aromatic heterocycles. The van der Waals surface area contributed by atoms with E-state index in [9.17, 15) is 4.39 Å². The number of halogens is 1. The number of nitrogens with zero attached hydrogens (tertiary/aromatic N) is 4. The summed E-state index contributed by atoms with van der Waals surface area (Å²) in [4.78, 5) is 11.9. The number of pyridine rings is 1. The van der Waals surface area contributed by atoms with E-state index in [1.165, 1.54) is 44.1 Å². The predicted molar refractivity (Wildman–Crippen MR) is 124 cm³/mol. The molecule has 1 aliphatic carbocycles. The lowest BCUT2D eigenvalue weighted by molar-refractivity contribution is 0.421. The second-order valence-corrected chi connectivity index (χ2v) is 8.87. The minimum atomic E-state index is -0.175.